The van der Waals surface area contributed by atoms with Crippen molar-refractivity contribution in [2.75, 3.05) is 13.1 Å². The summed E-state index contributed by atoms with van der Waals surface area (Å²) in [4.78, 5) is 0. The fourth-order valence-corrected chi connectivity index (χ4v) is 1.93. The second-order valence-corrected chi connectivity index (χ2v) is 4.09. The third-order valence-corrected chi connectivity index (χ3v) is 3.26. The van der Waals surface area contributed by atoms with Gasteiger partial charge in [0.05, 0.1) is 16.7 Å². The average Bonchev–Trinajstić information content (AvgIpc) is 2.64. The largest absolute Gasteiger partial charge is 0.315 e. The minimum atomic E-state index is 0.420. The van der Waals surface area contributed by atoms with Crippen LogP contribution in [0.5, 0.6) is 0 Å². The van der Waals surface area contributed by atoms with Gasteiger partial charge >= 0.3 is 0 Å². The standard InChI is InChI=1S/C7H9BrClN3/c8-6-4-11-12(7(6)9)5-1-2-10-3-5/h4-5,10H,1-3H2. The molecule has 1 aromatic heterocycles. The Morgan fingerprint density at radius 2 is 2.58 bits per heavy atom. The van der Waals surface area contributed by atoms with Crippen molar-refractivity contribution in [1.29, 1.82) is 0 Å². The zero-order valence-electron chi connectivity index (χ0n) is 6.43. The van der Waals surface area contributed by atoms with Crippen LogP contribution in [-0.4, -0.2) is 22.9 Å². The molecular formula is C7H9BrClN3. The van der Waals surface area contributed by atoms with E-state index in [9.17, 15) is 0 Å². The highest BCUT2D eigenvalue weighted by atomic mass is 79.9. The fraction of sp³-hybridized carbons (Fsp3) is 0.571. The van der Waals surface area contributed by atoms with E-state index in [4.69, 9.17) is 11.6 Å². The summed E-state index contributed by atoms with van der Waals surface area (Å²) < 4.78 is 2.74. The molecule has 0 aromatic carbocycles. The van der Waals surface area contributed by atoms with Crippen molar-refractivity contribution in [3.05, 3.63) is 15.8 Å². The Morgan fingerprint density at radius 3 is 3.08 bits per heavy atom. The first-order chi connectivity index (χ1) is 5.79. The van der Waals surface area contributed by atoms with Crippen molar-refractivity contribution in [3.63, 3.8) is 0 Å². The first-order valence-electron chi connectivity index (χ1n) is 3.88. The molecule has 0 aliphatic carbocycles. The molecule has 1 atom stereocenters. The molecule has 12 heavy (non-hydrogen) atoms. The molecule has 1 unspecified atom stereocenters. The Balaban J connectivity index is 2.26. The summed E-state index contributed by atoms with van der Waals surface area (Å²) in [5, 5.41) is 8.17. The lowest BCUT2D eigenvalue weighted by Crippen LogP contribution is -2.14. The van der Waals surface area contributed by atoms with E-state index in [-0.39, 0.29) is 0 Å². The Morgan fingerprint density at radius 1 is 1.75 bits per heavy atom. The van der Waals surface area contributed by atoms with E-state index in [1.54, 1.807) is 6.20 Å². The van der Waals surface area contributed by atoms with Crippen molar-refractivity contribution in [2.45, 2.75) is 12.5 Å². The molecule has 1 aliphatic rings. The van der Waals surface area contributed by atoms with Crippen LogP contribution in [0.4, 0.5) is 0 Å². The molecule has 1 fully saturated rings. The molecule has 66 valence electrons. The molecule has 1 saturated heterocycles. The molecule has 0 spiro atoms. The maximum absolute atomic E-state index is 6.01. The quantitative estimate of drug-likeness (QED) is 0.824. The van der Waals surface area contributed by atoms with Gasteiger partial charge in [0.2, 0.25) is 0 Å². The monoisotopic (exact) mass is 249 g/mol. The smallest absolute Gasteiger partial charge is 0.141 e. The van der Waals surface area contributed by atoms with Gasteiger partial charge in [0, 0.05) is 6.54 Å². The van der Waals surface area contributed by atoms with Crippen molar-refractivity contribution in [1.82, 2.24) is 15.1 Å². The first kappa shape index (κ1) is 8.53. The number of nitrogens with one attached hydrogen (secondary N) is 1. The van der Waals surface area contributed by atoms with Crippen molar-refractivity contribution >= 4 is 27.5 Å². The lowest BCUT2D eigenvalue weighted by atomic mass is 10.3. The van der Waals surface area contributed by atoms with E-state index in [1.807, 2.05) is 4.68 Å². The summed E-state index contributed by atoms with van der Waals surface area (Å²) in [6.45, 7) is 2.02. The predicted octanol–water partition coefficient (Wildman–Crippen LogP) is 1.83. The number of aromatic nitrogens is 2. The normalized spacial score (nSPS) is 23.3. The minimum absolute atomic E-state index is 0.420. The number of hydrogen-bond donors (Lipinski definition) is 1. The highest BCUT2D eigenvalue weighted by molar-refractivity contribution is 9.10. The minimum Gasteiger partial charge on any atom is -0.315 e. The molecule has 0 radical (unpaired) electrons. The predicted molar refractivity (Wildman–Crippen MR) is 51.5 cm³/mol. The average molecular weight is 251 g/mol. The van der Waals surface area contributed by atoms with Crippen LogP contribution in [0.3, 0.4) is 0 Å². The number of rotatable bonds is 1. The molecular weight excluding hydrogens is 241 g/mol. The van der Waals surface area contributed by atoms with E-state index in [1.165, 1.54) is 0 Å². The molecule has 0 bridgehead atoms. The van der Waals surface area contributed by atoms with Crippen LogP contribution in [0.2, 0.25) is 5.15 Å². The molecule has 0 saturated carbocycles. The van der Waals surface area contributed by atoms with Gasteiger partial charge in [-0.2, -0.15) is 5.10 Å². The molecule has 1 N–H and O–H groups in total. The van der Waals surface area contributed by atoms with Gasteiger partial charge in [-0.05, 0) is 28.9 Å². The van der Waals surface area contributed by atoms with Crippen molar-refractivity contribution < 1.29 is 0 Å². The summed E-state index contributed by atoms with van der Waals surface area (Å²) in [5.74, 6) is 0. The second-order valence-electron chi connectivity index (χ2n) is 2.87. The summed E-state index contributed by atoms with van der Waals surface area (Å²) in [7, 11) is 0. The fourth-order valence-electron chi connectivity index (χ4n) is 1.43. The van der Waals surface area contributed by atoms with E-state index in [2.05, 4.69) is 26.3 Å². The van der Waals surface area contributed by atoms with Gasteiger partial charge in [0.25, 0.3) is 0 Å². The molecule has 0 amide bonds. The summed E-state index contributed by atoms with van der Waals surface area (Å²) in [5.41, 5.74) is 0. The maximum Gasteiger partial charge on any atom is 0.141 e. The van der Waals surface area contributed by atoms with Gasteiger partial charge in [-0.25, -0.2) is 4.68 Å². The van der Waals surface area contributed by atoms with E-state index >= 15 is 0 Å². The lowest BCUT2D eigenvalue weighted by molar-refractivity contribution is 0.491. The molecule has 3 nitrogen and oxygen atoms in total. The molecule has 1 aromatic rings. The zero-order valence-corrected chi connectivity index (χ0v) is 8.77. The van der Waals surface area contributed by atoms with Crippen LogP contribution < -0.4 is 5.32 Å². The maximum atomic E-state index is 6.01. The van der Waals surface area contributed by atoms with Gasteiger partial charge in [-0.15, -0.1) is 0 Å². The van der Waals surface area contributed by atoms with E-state index < -0.39 is 0 Å². The van der Waals surface area contributed by atoms with Gasteiger partial charge in [0.1, 0.15) is 5.15 Å². The third-order valence-electron chi connectivity index (χ3n) is 2.07. The van der Waals surface area contributed by atoms with Crippen molar-refractivity contribution in [3.8, 4) is 0 Å². The highest BCUT2D eigenvalue weighted by Crippen LogP contribution is 2.26. The van der Waals surface area contributed by atoms with Gasteiger partial charge in [0.15, 0.2) is 0 Å². The van der Waals surface area contributed by atoms with Crippen LogP contribution in [0.15, 0.2) is 10.7 Å². The highest BCUT2D eigenvalue weighted by Gasteiger charge is 2.19. The molecule has 5 heteroatoms. The van der Waals surface area contributed by atoms with Gasteiger partial charge in [-0.1, -0.05) is 11.6 Å². The van der Waals surface area contributed by atoms with Crippen LogP contribution in [0, 0.1) is 0 Å². The number of hydrogen-bond acceptors (Lipinski definition) is 2. The Labute approximate surface area is 84.2 Å². The Kier molecular flexibility index (Phi) is 2.39. The summed E-state index contributed by atoms with van der Waals surface area (Å²) in [6, 6.07) is 0.420. The second kappa shape index (κ2) is 3.36. The van der Waals surface area contributed by atoms with Gasteiger partial charge in [-0.3, -0.25) is 0 Å². The molecule has 1 aliphatic heterocycles. The Hall–Kier alpha value is -0.0600. The van der Waals surface area contributed by atoms with Crippen LogP contribution in [0.25, 0.3) is 0 Å². The van der Waals surface area contributed by atoms with Crippen molar-refractivity contribution in [2.24, 2.45) is 0 Å². The Bertz CT molecular complexity index is 280. The third kappa shape index (κ3) is 1.39. The molecule has 2 heterocycles. The summed E-state index contributed by atoms with van der Waals surface area (Å²) in [6.07, 6.45) is 2.84. The van der Waals surface area contributed by atoms with E-state index in [0.717, 1.165) is 24.0 Å². The molecule has 2 rings (SSSR count). The SMILES string of the molecule is Clc1c(Br)cnn1C1CCNC1. The van der Waals surface area contributed by atoms with Crippen LogP contribution in [0.1, 0.15) is 12.5 Å². The van der Waals surface area contributed by atoms with E-state index in [0.29, 0.717) is 11.2 Å². The topological polar surface area (TPSA) is 29.9 Å². The zero-order chi connectivity index (χ0) is 8.55. The number of nitrogens with zero attached hydrogens (tertiary/aromatic N) is 2. The van der Waals surface area contributed by atoms with Gasteiger partial charge < -0.3 is 5.32 Å². The van der Waals surface area contributed by atoms with Crippen LogP contribution >= 0.6 is 27.5 Å². The summed E-state index contributed by atoms with van der Waals surface area (Å²) >= 11 is 9.34. The first-order valence-corrected chi connectivity index (χ1v) is 5.05. The van der Waals surface area contributed by atoms with Crippen LogP contribution in [-0.2, 0) is 0 Å². The lowest BCUT2D eigenvalue weighted by Gasteiger charge is -2.09. The number of halogens is 2.